The van der Waals surface area contributed by atoms with Gasteiger partial charge in [-0.25, -0.2) is 0 Å². The fourth-order valence-electron chi connectivity index (χ4n) is 1.51. The van der Waals surface area contributed by atoms with Gasteiger partial charge >= 0.3 is 0 Å². The first-order valence-electron chi connectivity index (χ1n) is 4.60. The smallest absolute Gasteiger partial charge is 0.177 e. The van der Waals surface area contributed by atoms with Crippen molar-refractivity contribution in [3.63, 3.8) is 0 Å². The number of carbonyl (C=O) groups excluding carboxylic acids is 1. The van der Waals surface area contributed by atoms with Crippen molar-refractivity contribution in [2.45, 2.75) is 13.0 Å². The van der Waals surface area contributed by atoms with Gasteiger partial charge < -0.3 is 10.5 Å². The topological polar surface area (TPSA) is 65.2 Å². The third-order valence-corrected chi connectivity index (χ3v) is 2.31. The second-order valence-corrected chi connectivity index (χ2v) is 3.26. The van der Waals surface area contributed by atoms with Gasteiger partial charge in [0, 0.05) is 29.4 Å². The lowest BCUT2D eigenvalue weighted by atomic mass is 10.1. The highest BCUT2D eigenvalue weighted by atomic mass is 16.5. The Bertz CT molecular complexity index is 363. The summed E-state index contributed by atoms with van der Waals surface area (Å²) >= 11 is 0. The van der Waals surface area contributed by atoms with Crippen molar-refractivity contribution in [3.05, 3.63) is 29.1 Å². The lowest BCUT2D eigenvalue weighted by Gasteiger charge is -2.15. The van der Waals surface area contributed by atoms with Crippen LogP contribution in [-0.2, 0) is 17.8 Å². The number of carbonyl (C=O) groups is 1. The highest BCUT2D eigenvalue weighted by Gasteiger charge is 2.13. The van der Waals surface area contributed by atoms with E-state index in [1.807, 2.05) is 6.07 Å². The van der Waals surface area contributed by atoms with Gasteiger partial charge in [0.2, 0.25) is 0 Å². The molecule has 1 aliphatic heterocycles. The molecule has 2 heterocycles. The zero-order valence-corrected chi connectivity index (χ0v) is 7.82. The number of ketones is 1. The van der Waals surface area contributed by atoms with Crippen molar-refractivity contribution < 1.29 is 9.53 Å². The van der Waals surface area contributed by atoms with Crippen molar-refractivity contribution in [2.24, 2.45) is 5.73 Å². The summed E-state index contributed by atoms with van der Waals surface area (Å²) in [5.41, 5.74) is 7.89. The number of hydrogen-bond acceptors (Lipinski definition) is 4. The van der Waals surface area contributed by atoms with Gasteiger partial charge in [-0.1, -0.05) is 0 Å². The Kier molecular flexibility index (Phi) is 2.56. The first-order valence-corrected chi connectivity index (χ1v) is 4.60. The van der Waals surface area contributed by atoms with E-state index in [-0.39, 0.29) is 12.3 Å². The lowest BCUT2D eigenvalue weighted by Crippen LogP contribution is -2.17. The van der Waals surface area contributed by atoms with Crippen LogP contribution in [0.25, 0.3) is 0 Å². The average molecular weight is 192 g/mol. The van der Waals surface area contributed by atoms with Crippen LogP contribution in [0.1, 0.15) is 21.6 Å². The van der Waals surface area contributed by atoms with E-state index >= 15 is 0 Å². The molecule has 0 bridgehead atoms. The molecule has 0 atom stereocenters. The van der Waals surface area contributed by atoms with Gasteiger partial charge in [-0.3, -0.25) is 9.78 Å². The number of rotatable bonds is 2. The van der Waals surface area contributed by atoms with Crippen LogP contribution in [0.5, 0.6) is 0 Å². The quantitative estimate of drug-likeness (QED) is 0.684. The predicted octanol–water partition coefficient (Wildman–Crippen LogP) is 0.296. The van der Waals surface area contributed by atoms with Crippen LogP contribution < -0.4 is 5.73 Å². The maximum absolute atomic E-state index is 11.3. The summed E-state index contributed by atoms with van der Waals surface area (Å²) in [6, 6.07) is 1.83. The second-order valence-electron chi connectivity index (χ2n) is 3.26. The summed E-state index contributed by atoms with van der Waals surface area (Å²) in [6.07, 6.45) is 2.42. The molecule has 0 saturated heterocycles. The molecule has 0 aromatic carbocycles. The molecule has 1 aromatic heterocycles. The van der Waals surface area contributed by atoms with Gasteiger partial charge in [-0.15, -0.1) is 0 Å². The molecule has 1 aliphatic rings. The number of aromatic nitrogens is 1. The van der Waals surface area contributed by atoms with Crippen LogP contribution in [0, 0.1) is 0 Å². The average Bonchev–Trinajstić information content (AvgIpc) is 2.27. The second kappa shape index (κ2) is 3.86. The molecule has 0 saturated carbocycles. The number of fused-ring (bicyclic) bond motifs is 1. The van der Waals surface area contributed by atoms with E-state index in [1.165, 1.54) is 0 Å². The normalized spacial score (nSPS) is 14.9. The van der Waals surface area contributed by atoms with Crippen molar-refractivity contribution in [1.29, 1.82) is 0 Å². The van der Waals surface area contributed by atoms with Crippen LogP contribution >= 0.6 is 0 Å². The molecule has 0 spiro atoms. The summed E-state index contributed by atoms with van der Waals surface area (Å²) in [5.74, 6) is -0.0779. The Hall–Kier alpha value is -1.26. The number of Topliss-reactive ketones (excluding diaryl/α,β-unsaturated/α-hetero) is 1. The molecule has 0 fully saturated rings. The van der Waals surface area contributed by atoms with E-state index in [1.54, 1.807) is 6.20 Å². The lowest BCUT2D eigenvalue weighted by molar-refractivity contribution is 0.0996. The third-order valence-electron chi connectivity index (χ3n) is 2.31. The van der Waals surface area contributed by atoms with E-state index < -0.39 is 0 Å². The molecule has 4 heteroatoms. The van der Waals surface area contributed by atoms with E-state index in [0.29, 0.717) is 18.8 Å². The highest BCUT2D eigenvalue weighted by molar-refractivity contribution is 5.97. The number of ether oxygens (including phenoxy) is 1. The Morgan fingerprint density at radius 2 is 2.50 bits per heavy atom. The minimum atomic E-state index is -0.0779. The molecular formula is C10H12N2O2. The number of hydrogen-bond donors (Lipinski definition) is 1. The van der Waals surface area contributed by atoms with Crippen molar-refractivity contribution in [3.8, 4) is 0 Å². The Balaban J connectivity index is 2.33. The number of nitrogens with two attached hydrogens (primary N) is 1. The molecule has 0 radical (unpaired) electrons. The summed E-state index contributed by atoms with van der Waals surface area (Å²) < 4.78 is 5.28. The fraction of sp³-hybridized carbons (Fsp3) is 0.400. The minimum absolute atomic E-state index is 0.0291. The molecule has 4 nitrogen and oxygen atoms in total. The summed E-state index contributed by atoms with van der Waals surface area (Å²) in [5, 5.41) is 0. The largest absolute Gasteiger partial charge is 0.376 e. The predicted molar refractivity (Wildman–Crippen MR) is 51.0 cm³/mol. The van der Waals surface area contributed by atoms with Crippen LogP contribution in [0.2, 0.25) is 0 Å². The minimum Gasteiger partial charge on any atom is -0.376 e. The monoisotopic (exact) mass is 192 g/mol. The summed E-state index contributed by atoms with van der Waals surface area (Å²) in [7, 11) is 0. The standard InChI is InChI=1S/C10H12N2O2/c11-4-10(13)7-3-8-6-14-2-1-9(8)12-5-7/h3,5H,1-2,4,6,11H2. The maximum Gasteiger partial charge on any atom is 0.177 e. The SMILES string of the molecule is NCC(=O)c1cnc2c(c1)COCC2. The van der Waals surface area contributed by atoms with Crippen LogP contribution in [0.4, 0.5) is 0 Å². The Labute approximate surface area is 82.1 Å². The zero-order valence-electron chi connectivity index (χ0n) is 7.82. The van der Waals surface area contributed by atoms with Crippen LogP contribution in [0.15, 0.2) is 12.3 Å². The molecule has 0 amide bonds. The zero-order chi connectivity index (χ0) is 9.97. The molecule has 1 aromatic rings. The molecule has 74 valence electrons. The van der Waals surface area contributed by atoms with Gasteiger partial charge in [0.15, 0.2) is 5.78 Å². The number of nitrogens with zero attached hydrogens (tertiary/aromatic N) is 1. The molecular weight excluding hydrogens is 180 g/mol. The van der Waals surface area contributed by atoms with Crippen molar-refractivity contribution in [1.82, 2.24) is 4.98 Å². The van der Waals surface area contributed by atoms with E-state index in [0.717, 1.165) is 17.7 Å². The Morgan fingerprint density at radius 3 is 3.29 bits per heavy atom. The van der Waals surface area contributed by atoms with Gasteiger partial charge in [-0.2, -0.15) is 0 Å². The van der Waals surface area contributed by atoms with Gasteiger partial charge in [-0.05, 0) is 6.07 Å². The van der Waals surface area contributed by atoms with Crippen LogP contribution in [0.3, 0.4) is 0 Å². The third kappa shape index (κ3) is 1.66. The molecule has 2 N–H and O–H groups in total. The molecule has 0 aliphatic carbocycles. The van der Waals surface area contributed by atoms with E-state index in [9.17, 15) is 4.79 Å². The van der Waals surface area contributed by atoms with Crippen LogP contribution in [-0.4, -0.2) is 23.9 Å². The number of pyridine rings is 1. The Morgan fingerprint density at radius 1 is 1.64 bits per heavy atom. The van der Waals surface area contributed by atoms with Crippen molar-refractivity contribution in [2.75, 3.05) is 13.2 Å². The fourth-order valence-corrected chi connectivity index (χ4v) is 1.51. The molecule has 2 rings (SSSR count). The van der Waals surface area contributed by atoms with Gasteiger partial charge in [0.05, 0.1) is 19.8 Å². The summed E-state index contributed by atoms with van der Waals surface area (Å²) in [6.45, 7) is 1.29. The van der Waals surface area contributed by atoms with E-state index in [4.69, 9.17) is 10.5 Å². The molecule has 0 unspecified atom stereocenters. The molecule has 14 heavy (non-hydrogen) atoms. The van der Waals surface area contributed by atoms with Crippen molar-refractivity contribution >= 4 is 5.78 Å². The highest BCUT2D eigenvalue weighted by Crippen LogP contribution is 2.15. The van der Waals surface area contributed by atoms with Gasteiger partial charge in [0.1, 0.15) is 0 Å². The first kappa shape index (κ1) is 9.30. The van der Waals surface area contributed by atoms with E-state index in [2.05, 4.69) is 4.98 Å². The maximum atomic E-state index is 11.3. The summed E-state index contributed by atoms with van der Waals surface area (Å²) in [4.78, 5) is 15.5. The van der Waals surface area contributed by atoms with Gasteiger partial charge in [0.25, 0.3) is 0 Å². The first-order chi connectivity index (χ1) is 6.81.